The van der Waals surface area contributed by atoms with Crippen molar-refractivity contribution in [3.05, 3.63) is 84.1 Å². The van der Waals surface area contributed by atoms with Crippen LogP contribution in [0.1, 0.15) is 53.2 Å². The summed E-state index contributed by atoms with van der Waals surface area (Å²) >= 11 is 0. The summed E-state index contributed by atoms with van der Waals surface area (Å²) in [6.07, 6.45) is 6.77. The highest BCUT2D eigenvalue weighted by Gasteiger charge is 2.14. The molecule has 4 aromatic rings. The lowest BCUT2D eigenvalue weighted by atomic mass is 10.0. The lowest BCUT2D eigenvalue weighted by Crippen LogP contribution is -2.10. The Balaban J connectivity index is 1.42. The highest BCUT2D eigenvalue weighted by atomic mass is 16.1. The monoisotopic (exact) mass is 412 g/mol. The van der Waals surface area contributed by atoms with Crippen LogP contribution in [-0.4, -0.2) is 31.3 Å². The number of nitrogens with zero attached hydrogens (tertiary/aromatic N) is 4. The van der Waals surface area contributed by atoms with Gasteiger partial charge in [-0.05, 0) is 54.3 Å². The van der Waals surface area contributed by atoms with Crippen LogP contribution in [0.3, 0.4) is 0 Å². The maximum atomic E-state index is 12.6. The summed E-state index contributed by atoms with van der Waals surface area (Å²) in [7, 11) is 0. The average molecular weight is 412 g/mol. The summed E-state index contributed by atoms with van der Waals surface area (Å²) in [5.41, 5.74) is 3.54. The highest BCUT2D eigenvalue weighted by Crippen LogP contribution is 2.17. The van der Waals surface area contributed by atoms with Crippen molar-refractivity contribution in [1.29, 1.82) is 0 Å². The molecule has 0 N–H and O–H groups in total. The molecule has 3 heterocycles. The van der Waals surface area contributed by atoms with E-state index in [-0.39, 0.29) is 17.5 Å². The van der Waals surface area contributed by atoms with Gasteiger partial charge in [-0.25, -0.2) is 9.67 Å². The van der Waals surface area contributed by atoms with Crippen LogP contribution < -0.4 is 0 Å². The fraction of sp³-hybridized carbons (Fsp3) is 0.240. The minimum absolute atomic E-state index is 0.0310. The van der Waals surface area contributed by atoms with E-state index in [1.54, 1.807) is 35.3 Å². The van der Waals surface area contributed by atoms with Crippen LogP contribution in [0.4, 0.5) is 0 Å². The van der Waals surface area contributed by atoms with Crippen LogP contribution in [0.5, 0.6) is 0 Å². The molecular formula is C25H24N4O2. The molecule has 4 rings (SSSR count). The Labute approximate surface area is 181 Å². The highest BCUT2D eigenvalue weighted by molar-refractivity contribution is 5.98. The molecule has 0 amide bonds. The van der Waals surface area contributed by atoms with E-state index in [1.807, 2.05) is 50.4 Å². The molecule has 0 spiro atoms. The zero-order chi connectivity index (χ0) is 21.8. The number of benzene rings is 1. The lowest BCUT2D eigenvalue weighted by Gasteiger charge is -2.05. The molecule has 3 aromatic heterocycles. The first-order valence-electron chi connectivity index (χ1n) is 10.4. The molecule has 0 unspecified atom stereocenters. The number of hydrogen-bond acceptors (Lipinski definition) is 5. The van der Waals surface area contributed by atoms with Crippen LogP contribution in [0, 0.1) is 5.92 Å². The molecule has 156 valence electrons. The number of rotatable bonds is 8. The van der Waals surface area contributed by atoms with Crippen molar-refractivity contribution in [2.24, 2.45) is 5.92 Å². The van der Waals surface area contributed by atoms with Crippen LogP contribution in [-0.2, 0) is 6.42 Å². The van der Waals surface area contributed by atoms with Gasteiger partial charge < -0.3 is 0 Å². The first-order valence-corrected chi connectivity index (χ1v) is 10.4. The van der Waals surface area contributed by atoms with Gasteiger partial charge in [0.25, 0.3) is 0 Å². The Morgan fingerprint density at radius 3 is 2.61 bits per heavy atom. The van der Waals surface area contributed by atoms with Crippen LogP contribution >= 0.6 is 0 Å². The molecule has 31 heavy (non-hydrogen) atoms. The number of aromatic nitrogens is 4. The first kappa shape index (κ1) is 20.6. The molecule has 0 radical (unpaired) electrons. The van der Waals surface area contributed by atoms with Gasteiger partial charge in [-0.15, -0.1) is 0 Å². The van der Waals surface area contributed by atoms with Crippen molar-refractivity contribution >= 4 is 22.5 Å². The average Bonchev–Trinajstić information content (AvgIpc) is 3.26. The first-order chi connectivity index (χ1) is 15.0. The fourth-order valence-corrected chi connectivity index (χ4v) is 3.44. The molecule has 0 aliphatic heterocycles. The quantitative estimate of drug-likeness (QED) is 0.386. The third-order valence-electron chi connectivity index (χ3n) is 5.04. The fourth-order valence-electron chi connectivity index (χ4n) is 3.44. The zero-order valence-corrected chi connectivity index (χ0v) is 17.7. The Morgan fingerprint density at radius 1 is 1.00 bits per heavy atom. The van der Waals surface area contributed by atoms with Gasteiger partial charge in [0, 0.05) is 30.6 Å². The van der Waals surface area contributed by atoms with E-state index >= 15 is 0 Å². The van der Waals surface area contributed by atoms with Crippen LogP contribution in [0.2, 0.25) is 0 Å². The molecule has 0 saturated heterocycles. The SMILES string of the molecule is CC(C)CC(=O)c1cccc(C(=O)CCc2cnn(-c3ccc4ncccc4c3)c2)n1. The minimum Gasteiger partial charge on any atom is -0.292 e. The van der Waals surface area contributed by atoms with Gasteiger partial charge in [0.1, 0.15) is 11.4 Å². The van der Waals surface area contributed by atoms with Gasteiger partial charge in [-0.2, -0.15) is 5.10 Å². The van der Waals surface area contributed by atoms with E-state index in [0.29, 0.717) is 30.7 Å². The van der Waals surface area contributed by atoms with E-state index in [2.05, 4.69) is 15.1 Å². The Hall–Kier alpha value is -3.67. The number of pyridine rings is 2. The normalized spacial score (nSPS) is 11.2. The molecule has 0 aliphatic carbocycles. The van der Waals surface area contributed by atoms with Gasteiger partial charge in [-0.1, -0.05) is 26.0 Å². The third-order valence-corrected chi connectivity index (χ3v) is 5.04. The van der Waals surface area contributed by atoms with Gasteiger partial charge >= 0.3 is 0 Å². The molecule has 0 aliphatic rings. The van der Waals surface area contributed by atoms with E-state index in [4.69, 9.17) is 0 Å². The molecule has 0 saturated carbocycles. The van der Waals surface area contributed by atoms with Crippen LogP contribution in [0.15, 0.2) is 67.1 Å². The minimum atomic E-state index is -0.0799. The smallest absolute Gasteiger partial charge is 0.181 e. The Bertz CT molecular complexity index is 1240. The van der Waals surface area contributed by atoms with Crippen molar-refractivity contribution in [2.45, 2.75) is 33.1 Å². The van der Waals surface area contributed by atoms with Crippen molar-refractivity contribution < 1.29 is 9.59 Å². The molecule has 6 heteroatoms. The molecule has 0 atom stereocenters. The molecule has 0 fully saturated rings. The van der Waals surface area contributed by atoms with Crippen molar-refractivity contribution in [2.75, 3.05) is 0 Å². The third kappa shape index (κ3) is 4.91. The number of aryl methyl sites for hydroxylation is 1. The second-order valence-corrected chi connectivity index (χ2v) is 8.03. The molecule has 1 aromatic carbocycles. The van der Waals surface area contributed by atoms with E-state index in [1.165, 1.54) is 0 Å². The number of carbonyl (C=O) groups is 2. The second kappa shape index (κ2) is 9.00. The molecule has 0 bridgehead atoms. The van der Waals surface area contributed by atoms with Gasteiger partial charge in [0.05, 0.1) is 17.4 Å². The summed E-state index contributed by atoms with van der Waals surface area (Å²) in [5.74, 6) is 0.143. The van der Waals surface area contributed by atoms with E-state index in [9.17, 15) is 9.59 Å². The van der Waals surface area contributed by atoms with Gasteiger partial charge in [0.15, 0.2) is 11.6 Å². The van der Waals surface area contributed by atoms with Gasteiger partial charge in [-0.3, -0.25) is 14.6 Å². The van der Waals surface area contributed by atoms with E-state index in [0.717, 1.165) is 22.2 Å². The zero-order valence-electron chi connectivity index (χ0n) is 17.7. The predicted octanol–water partition coefficient (Wildman–Crippen LogP) is 4.86. The number of ketones is 2. The van der Waals surface area contributed by atoms with Crippen molar-refractivity contribution in [3.63, 3.8) is 0 Å². The second-order valence-electron chi connectivity index (χ2n) is 8.03. The Morgan fingerprint density at radius 2 is 1.81 bits per heavy atom. The number of Topliss-reactive ketones (excluding diaryl/α,β-unsaturated/α-hetero) is 2. The lowest BCUT2D eigenvalue weighted by molar-refractivity contribution is 0.0962. The Kier molecular flexibility index (Phi) is 5.98. The molecular weight excluding hydrogens is 388 g/mol. The summed E-state index contributed by atoms with van der Waals surface area (Å²) < 4.78 is 1.80. The largest absolute Gasteiger partial charge is 0.292 e. The number of fused-ring (bicyclic) bond motifs is 1. The summed E-state index contributed by atoms with van der Waals surface area (Å²) in [6, 6.07) is 15.0. The standard InChI is InChI=1S/C25H24N4O2/c1-17(2)13-25(31)23-7-3-6-22(28-23)24(30)11-8-18-15-27-29(16-18)20-9-10-21-19(14-20)5-4-12-26-21/h3-7,9-10,12,14-17H,8,11,13H2,1-2H3. The maximum absolute atomic E-state index is 12.6. The summed E-state index contributed by atoms with van der Waals surface area (Å²) in [6.45, 7) is 3.98. The summed E-state index contributed by atoms with van der Waals surface area (Å²) in [4.78, 5) is 33.5. The van der Waals surface area contributed by atoms with Crippen molar-refractivity contribution in [3.8, 4) is 5.69 Å². The van der Waals surface area contributed by atoms with Crippen molar-refractivity contribution in [1.82, 2.24) is 19.7 Å². The predicted molar refractivity (Wildman–Crippen MR) is 120 cm³/mol. The topological polar surface area (TPSA) is 77.7 Å². The van der Waals surface area contributed by atoms with E-state index < -0.39 is 0 Å². The number of carbonyl (C=O) groups excluding carboxylic acids is 2. The summed E-state index contributed by atoms with van der Waals surface area (Å²) in [5, 5.41) is 5.48. The van der Waals surface area contributed by atoms with Gasteiger partial charge in [0.2, 0.25) is 0 Å². The molecule has 6 nitrogen and oxygen atoms in total. The van der Waals surface area contributed by atoms with Crippen LogP contribution in [0.25, 0.3) is 16.6 Å². The maximum Gasteiger partial charge on any atom is 0.181 e. The number of hydrogen-bond donors (Lipinski definition) is 0.